The first kappa shape index (κ1) is 19.9. The lowest BCUT2D eigenvalue weighted by Crippen LogP contribution is -2.17. The van der Waals surface area contributed by atoms with Gasteiger partial charge in [-0.25, -0.2) is 0 Å². The molecule has 2 aromatic rings. The van der Waals surface area contributed by atoms with Gasteiger partial charge in [-0.05, 0) is 41.5 Å². The molecule has 2 N–H and O–H groups in total. The fourth-order valence-electron chi connectivity index (χ4n) is 2.34. The van der Waals surface area contributed by atoms with Crippen molar-refractivity contribution in [3.05, 3.63) is 71.3 Å². The summed E-state index contributed by atoms with van der Waals surface area (Å²) in [7, 11) is -1.03. The molecule has 2 rings (SSSR count). The summed E-state index contributed by atoms with van der Waals surface area (Å²) < 4.78 is 11.4. The van der Waals surface area contributed by atoms with Crippen LogP contribution in [0.4, 0.5) is 11.4 Å². The molecule has 0 bridgehead atoms. The van der Waals surface area contributed by atoms with Crippen molar-refractivity contribution in [2.24, 2.45) is 0 Å². The maximum Gasteiger partial charge on any atom is 0.247 e. The molecule has 0 aromatic heterocycles. The molecule has 0 aliphatic rings. The predicted octanol–water partition coefficient (Wildman–Crippen LogP) is 3.52. The van der Waals surface area contributed by atoms with Gasteiger partial charge in [0.1, 0.15) is 0 Å². The topological polar surface area (TPSA) is 75.3 Å². The van der Waals surface area contributed by atoms with E-state index in [2.05, 4.69) is 17.2 Å². The molecule has 5 nitrogen and oxygen atoms in total. The second-order valence-electron chi connectivity index (χ2n) is 5.60. The van der Waals surface area contributed by atoms with E-state index in [0.717, 1.165) is 0 Å². The van der Waals surface area contributed by atoms with Gasteiger partial charge in [-0.3, -0.25) is 13.8 Å². The second kappa shape index (κ2) is 9.31. The summed E-state index contributed by atoms with van der Waals surface area (Å²) in [6.07, 6.45) is 2.85. The van der Waals surface area contributed by atoms with Crippen molar-refractivity contribution in [3.8, 4) is 0 Å². The molecule has 2 aromatic carbocycles. The smallest absolute Gasteiger partial charge is 0.247 e. The standard InChI is InChI=1S/C19H19ClN2O3S/c1-3-18(23)22-17-7-5-4-6-13(17)11-19(24)21-15-8-9-16(20)14(10-15)12-26(2)25/h3-10H,1,11-12H2,2H3,(H,21,24)(H,22,23). The number of carbonyl (C=O) groups excluding carboxylic acids is 2. The Kier molecular flexibility index (Phi) is 7.12. The van der Waals surface area contributed by atoms with Crippen LogP contribution in [0.3, 0.4) is 0 Å². The number of rotatable bonds is 7. The van der Waals surface area contributed by atoms with Crippen molar-refractivity contribution < 1.29 is 13.8 Å². The Balaban J connectivity index is 2.11. The Hall–Kier alpha value is -2.44. The number of carbonyl (C=O) groups is 2. The highest BCUT2D eigenvalue weighted by molar-refractivity contribution is 7.83. The van der Waals surface area contributed by atoms with E-state index in [9.17, 15) is 13.8 Å². The summed E-state index contributed by atoms with van der Waals surface area (Å²) in [6, 6.07) is 12.1. The number of anilines is 2. The maximum absolute atomic E-state index is 12.4. The van der Waals surface area contributed by atoms with Crippen LogP contribution in [-0.4, -0.2) is 22.3 Å². The zero-order valence-electron chi connectivity index (χ0n) is 14.3. The highest BCUT2D eigenvalue weighted by atomic mass is 35.5. The molecule has 0 radical (unpaired) electrons. The molecule has 0 spiro atoms. The first-order valence-corrected chi connectivity index (χ1v) is 9.89. The van der Waals surface area contributed by atoms with E-state index in [1.807, 2.05) is 0 Å². The van der Waals surface area contributed by atoms with E-state index < -0.39 is 10.8 Å². The van der Waals surface area contributed by atoms with Gasteiger partial charge >= 0.3 is 0 Å². The minimum atomic E-state index is -1.03. The molecule has 1 unspecified atom stereocenters. The average Bonchev–Trinajstić information content (AvgIpc) is 2.59. The van der Waals surface area contributed by atoms with Crippen LogP contribution in [-0.2, 0) is 32.6 Å². The monoisotopic (exact) mass is 390 g/mol. The Bertz CT molecular complexity index is 868. The third kappa shape index (κ3) is 5.82. The Morgan fingerprint density at radius 1 is 1.15 bits per heavy atom. The van der Waals surface area contributed by atoms with E-state index in [1.165, 1.54) is 6.08 Å². The number of halogens is 1. The molecule has 1 atom stereocenters. The molecule has 0 heterocycles. The number of amides is 2. The Morgan fingerprint density at radius 2 is 1.88 bits per heavy atom. The van der Waals surface area contributed by atoms with Crippen LogP contribution in [0, 0.1) is 0 Å². The van der Waals surface area contributed by atoms with E-state index in [0.29, 0.717) is 33.3 Å². The second-order valence-corrected chi connectivity index (χ2v) is 7.44. The lowest BCUT2D eigenvalue weighted by Gasteiger charge is -2.11. The van der Waals surface area contributed by atoms with Crippen LogP contribution < -0.4 is 10.6 Å². The first-order chi connectivity index (χ1) is 12.4. The lowest BCUT2D eigenvalue weighted by atomic mass is 10.1. The fraction of sp³-hybridized carbons (Fsp3) is 0.158. The molecular weight excluding hydrogens is 372 g/mol. The Morgan fingerprint density at radius 3 is 2.58 bits per heavy atom. The van der Waals surface area contributed by atoms with Gasteiger partial charge in [-0.15, -0.1) is 0 Å². The molecule has 0 fully saturated rings. The Labute approximate surface area is 159 Å². The molecule has 7 heteroatoms. The number of hydrogen-bond donors (Lipinski definition) is 2. The van der Waals surface area contributed by atoms with Crippen LogP contribution in [0.1, 0.15) is 11.1 Å². The van der Waals surface area contributed by atoms with E-state index in [4.69, 9.17) is 11.6 Å². The van der Waals surface area contributed by atoms with Crippen molar-refractivity contribution in [1.82, 2.24) is 0 Å². The highest BCUT2D eigenvalue weighted by Crippen LogP contribution is 2.22. The normalized spacial score (nSPS) is 11.5. The summed E-state index contributed by atoms with van der Waals surface area (Å²) in [5.41, 5.74) is 2.53. The maximum atomic E-state index is 12.4. The molecule has 0 saturated heterocycles. The van der Waals surface area contributed by atoms with Gasteiger partial charge in [0.15, 0.2) is 0 Å². The SMILES string of the molecule is C=CC(=O)Nc1ccccc1CC(=O)Nc1ccc(Cl)c(CS(C)=O)c1. The minimum absolute atomic E-state index is 0.0886. The highest BCUT2D eigenvalue weighted by Gasteiger charge is 2.11. The summed E-state index contributed by atoms with van der Waals surface area (Å²) >= 11 is 6.09. The molecule has 2 amide bonds. The third-order valence-electron chi connectivity index (χ3n) is 3.50. The van der Waals surface area contributed by atoms with Gasteiger partial charge in [0.2, 0.25) is 11.8 Å². The van der Waals surface area contributed by atoms with Gasteiger partial charge in [0.25, 0.3) is 0 Å². The van der Waals surface area contributed by atoms with Gasteiger partial charge in [-0.1, -0.05) is 36.4 Å². The van der Waals surface area contributed by atoms with Crippen LogP contribution in [0.25, 0.3) is 0 Å². The lowest BCUT2D eigenvalue weighted by molar-refractivity contribution is -0.115. The van der Waals surface area contributed by atoms with Gasteiger partial charge < -0.3 is 10.6 Å². The zero-order chi connectivity index (χ0) is 19.1. The van der Waals surface area contributed by atoms with E-state index >= 15 is 0 Å². The predicted molar refractivity (Wildman–Crippen MR) is 107 cm³/mol. The fourth-order valence-corrected chi connectivity index (χ4v) is 3.28. The summed E-state index contributed by atoms with van der Waals surface area (Å²) in [6.45, 7) is 3.42. The number of nitrogens with one attached hydrogen (secondary N) is 2. The summed E-state index contributed by atoms with van der Waals surface area (Å²) in [5.74, 6) is -0.261. The van der Waals surface area contributed by atoms with E-state index in [1.54, 1.807) is 48.7 Å². The van der Waals surface area contributed by atoms with Crippen molar-refractivity contribution in [1.29, 1.82) is 0 Å². The minimum Gasteiger partial charge on any atom is -0.326 e. The first-order valence-electron chi connectivity index (χ1n) is 7.78. The summed E-state index contributed by atoms with van der Waals surface area (Å²) in [5, 5.41) is 5.99. The molecule has 0 aliphatic carbocycles. The van der Waals surface area contributed by atoms with Crippen LogP contribution in [0.5, 0.6) is 0 Å². The summed E-state index contributed by atoms with van der Waals surface area (Å²) in [4.78, 5) is 23.9. The molecular formula is C19H19ClN2O3S. The van der Waals surface area contributed by atoms with Gasteiger partial charge in [-0.2, -0.15) is 0 Å². The largest absolute Gasteiger partial charge is 0.326 e. The van der Waals surface area contributed by atoms with Gasteiger partial charge in [0, 0.05) is 39.2 Å². The van der Waals surface area contributed by atoms with E-state index in [-0.39, 0.29) is 18.2 Å². The van der Waals surface area contributed by atoms with Crippen molar-refractivity contribution >= 4 is 45.6 Å². The molecule has 26 heavy (non-hydrogen) atoms. The van der Waals surface area contributed by atoms with Crippen LogP contribution >= 0.6 is 11.6 Å². The van der Waals surface area contributed by atoms with Crippen molar-refractivity contribution in [3.63, 3.8) is 0 Å². The molecule has 0 aliphatic heterocycles. The third-order valence-corrected chi connectivity index (χ3v) is 4.59. The quantitative estimate of drug-likeness (QED) is 0.710. The molecule has 0 saturated carbocycles. The van der Waals surface area contributed by atoms with Crippen molar-refractivity contribution in [2.45, 2.75) is 12.2 Å². The zero-order valence-corrected chi connectivity index (χ0v) is 15.8. The number of hydrogen-bond acceptors (Lipinski definition) is 3. The number of para-hydroxylation sites is 1. The molecule has 136 valence electrons. The van der Waals surface area contributed by atoms with Crippen LogP contribution in [0.15, 0.2) is 55.1 Å². The average molecular weight is 391 g/mol. The van der Waals surface area contributed by atoms with Crippen LogP contribution in [0.2, 0.25) is 5.02 Å². The van der Waals surface area contributed by atoms with Gasteiger partial charge in [0.05, 0.1) is 6.42 Å². The number of benzene rings is 2. The van der Waals surface area contributed by atoms with Crippen molar-refractivity contribution in [2.75, 3.05) is 16.9 Å².